The summed E-state index contributed by atoms with van der Waals surface area (Å²) in [5.74, 6) is 0.308. The largest absolute Gasteiger partial charge is 0.449 e. The second-order valence-corrected chi connectivity index (χ2v) is 15.2. The first-order valence-corrected chi connectivity index (χ1v) is 16.7. The quantitative estimate of drug-likeness (QED) is 0.222. The van der Waals surface area contributed by atoms with E-state index < -0.39 is 15.8 Å². The summed E-state index contributed by atoms with van der Waals surface area (Å²) in [6, 6.07) is 43.5. The topological polar surface area (TPSA) is 29.5 Å². The van der Waals surface area contributed by atoms with Crippen LogP contribution in [0.2, 0.25) is 0 Å². The van der Waals surface area contributed by atoms with E-state index in [1.54, 1.807) is 0 Å². The second kappa shape index (κ2) is 13.4. The third-order valence-electron chi connectivity index (χ3n) is 7.13. The van der Waals surface area contributed by atoms with Crippen molar-refractivity contribution in [2.24, 2.45) is 5.92 Å². The Kier molecular flexibility index (Phi) is 9.46. The molecule has 1 aliphatic heterocycles. The highest BCUT2D eigenvalue weighted by atomic mass is 31.1. The molecule has 5 rings (SSSR count). The molecular formula is C34H37NO2P2. The van der Waals surface area contributed by atoms with Crippen molar-refractivity contribution in [1.29, 1.82) is 0 Å². The van der Waals surface area contributed by atoms with Crippen molar-refractivity contribution in [2.45, 2.75) is 32.0 Å². The monoisotopic (exact) mass is 553 g/mol. The van der Waals surface area contributed by atoms with Gasteiger partial charge in [-0.2, -0.15) is 0 Å². The molecule has 1 amide bonds. The van der Waals surface area contributed by atoms with Crippen LogP contribution in [-0.2, 0) is 4.74 Å². The SMILES string of the molecule is CC(C)COC(=O)N1C[C@@H](P(c2ccccc2)c2ccccc2)C[C@H]1CP(c1ccccc1)c1ccccc1. The van der Waals surface area contributed by atoms with Crippen molar-refractivity contribution in [3.8, 4) is 0 Å². The van der Waals surface area contributed by atoms with Crippen LogP contribution < -0.4 is 21.2 Å². The Balaban J connectivity index is 1.49. The van der Waals surface area contributed by atoms with E-state index in [-0.39, 0.29) is 12.1 Å². The zero-order valence-corrected chi connectivity index (χ0v) is 24.6. The first-order valence-electron chi connectivity index (χ1n) is 13.8. The molecule has 1 saturated heterocycles. The van der Waals surface area contributed by atoms with Gasteiger partial charge in [-0.3, -0.25) is 0 Å². The smallest absolute Gasteiger partial charge is 0.410 e. The van der Waals surface area contributed by atoms with Crippen LogP contribution in [-0.4, -0.2) is 42.0 Å². The van der Waals surface area contributed by atoms with Gasteiger partial charge in [0.2, 0.25) is 0 Å². The average Bonchev–Trinajstić information content (AvgIpc) is 3.40. The van der Waals surface area contributed by atoms with Crippen molar-refractivity contribution in [3.63, 3.8) is 0 Å². The lowest BCUT2D eigenvalue weighted by molar-refractivity contribution is 0.0908. The number of amides is 1. The van der Waals surface area contributed by atoms with Gasteiger partial charge in [0.15, 0.2) is 0 Å². The lowest BCUT2D eigenvalue weighted by atomic mass is 10.2. The zero-order chi connectivity index (χ0) is 27.0. The molecule has 0 N–H and O–H groups in total. The van der Waals surface area contributed by atoms with Gasteiger partial charge in [-0.25, -0.2) is 4.79 Å². The summed E-state index contributed by atoms with van der Waals surface area (Å²) >= 11 is 0. The van der Waals surface area contributed by atoms with Crippen molar-refractivity contribution < 1.29 is 9.53 Å². The lowest BCUT2D eigenvalue weighted by Gasteiger charge is -2.28. The summed E-state index contributed by atoms with van der Waals surface area (Å²) in [7, 11) is -1.25. The minimum Gasteiger partial charge on any atom is -0.449 e. The number of ether oxygens (including phenoxy) is 1. The number of benzene rings is 4. The molecule has 39 heavy (non-hydrogen) atoms. The highest BCUT2D eigenvalue weighted by Crippen LogP contribution is 2.48. The molecule has 0 unspecified atom stereocenters. The van der Waals surface area contributed by atoms with Crippen LogP contribution in [0, 0.1) is 5.92 Å². The van der Waals surface area contributed by atoms with Gasteiger partial charge in [0.25, 0.3) is 0 Å². The molecule has 2 atom stereocenters. The third-order valence-corrected chi connectivity index (χ3v) is 12.6. The minimum absolute atomic E-state index is 0.124. The van der Waals surface area contributed by atoms with E-state index in [0.717, 1.165) is 19.1 Å². The van der Waals surface area contributed by atoms with Crippen LogP contribution in [0.4, 0.5) is 4.79 Å². The van der Waals surface area contributed by atoms with E-state index in [0.29, 0.717) is 18.2 Å². The Labute approximate surface area is 235 Å². The van der Waals surface area contributed by atoms with Crippen molar-refractivity contribution in [1.82, 2.24) is 4.90 Å². The zero-order valence-electron chi connectivity index (χ0n) is 22.8. The number of nitrogens with zero attached hydrogens (tertiary/aromatic N) is 1. The van der Waals surface area contributed by atoms with Gasteiger partial charge < -0.3 is 9.64 Å². The van der Waals surface area contributed by atoms with Gasteiger partial charge in [0.05, 0.1) is 6.61 Å². The number of rotatable bonds is 9. The maximum Gasteiger partial charge on any atom is 0.410 e. The van der Waals surface area contributed by atoms with Crippen LogP contribution >= 0.6 is 15.8 Å². The van der Waals surface area contributed by atoms with Gasteiger partial charge in [0, 0.05) is 18.2 Å². The molecule has 0 radical (unpaired) electrons. The Morgan fingerprint density at radius 2 is 1.18 bits per heavy atom. The lowest BCUT2D eigenvalue weighted by Crippen LogP contribution is -2.39. The van der Waals surface area contributed by atoms with Gasteiger partial charge in [-0.05, 0) is 55.6 Å². The Morgan fingerprint density at radius 1 is 0.744 bits per heavy atom. The van der Waals surface area contributed by atoms with Gasteiger partial charge in [-0.1, -0.05) is 135 Å². The fraction of sp³-hybridized carbons (Fsp3) is 0.265. The summed E-state index contributed by atoms with van der Waals surface area (Å²) in [6.07, 6.45) is 1.75. The van der Waals surface area contributed by atoms with Gasteiger partial charge >= 0.3 is 6.09 Å². The first-order chi connectivity index (χ1) is 19.1. The maximum absolute atomic E-state index is 13.6. The molecule has 4 aromatic rings. The molecule has 200 valence electrons. The fourth-order valence-electron chi connectivity index (χ4n) is 5.33. The third kappa shape index (κ3) is 6.96. The molecule has 1 fully saturated rings. The van der Waals surface area contributed by atoms with E-state index in [1.165, 1.54) is 21.2 Å². The van der Waals surface area contributed by atoms with E-state index in [2.05, 4.69) is 140 Å². The summed E-state index contributed by atoms with van der Waals surface area (Å²) in [4.78, 5) is 15.6. The van der Waals surface area contributed by atoms with Crippen molar-refractivity contribution in [2.75, 3.05) is 19.3 Å². The van der Waals surface area contributed by atoms with Crippen LogP contribution in [0.5, 0.6) is 0 Å². The van der Waals surface area contributed by atoms with Crippen LogP contribution in [0.3, 0.4) is 0 Å². The van der Waals surface area contributed by atoms with Crippen molar-refractivity contribution >= 4 is 43.2 Å². The van der Waals surface area contributed by atoms with E-state index in [9.17, 15) is 4.79 Å². The van der Waals surface area contributed by atoms with Crippen LogP contribution in [0.25, 0.3) is 0 Å². The maximum atomic E-state index is 13.6. The average molecular weight is 554 g/mol. The highest BCUT2D eigenvalue weighted by molar-refractivity contribution is 7.74. The van der Waals surface area contributed by atoms with Crippen LogP contribution in [0.1, 0.15) is 20.3 Å². The molecular weight excluding hydrogens is 516 g/mol. The molecule has 1 aliphatic rings. The molecule has 0 aliphatic carbocycles. The van der Waals surface area contributed by atoms with E-state index >= 15 is 0 Å². The summed E-state index contributed by atoms with van der Waals surface area (Å²) < 4.78 is 5.85. The normalized spacial score (nSPS) is 17.2. The Hall–Kier alpha value is -2.99. The first kappa shape index (κ1) is 27.6. The predicted octanol–water partition coefficient (Wildman–Crippen LogP) is 6.49. The molecule has 0 aromatic heterocycles. The molecule has 0 spiro atoms. The number of carbonyl (C=O) groups is 1. The minimum atomic E-state index is -0.627. The highest BCUT2D eigenvalue weighted by Gasteiger charge is 2.41. The predicted molar refractivity (Wildman–Crippen MR) is 168 cm³/mol. The van der Waals surface area contributed by atoms with E-state index in [1.807, 2.05) is 0 Å². The molecule has 3 nitrogen and oxygen atoms in total. The van der Waals surface area contributed by atoms with Gasteiger partial charge in [0.1, 0.15) is 0 Å². The molecule has 5 heteroatoms. The Morgan fingerprint density at radius 3 is 1.62 bits per heavy atom. The molecule has 4 aromatic carbocycles. The molecule has 0 saturated carbocycles. The Bertz CT molecular complexity index is 1220. The molecule has 1 heterocycles. The number of likely N-dealkylation sites (tertiary alicyclic amines) is 1. The summed E-state index contributed by atoms with van der Waals surface area (Å²) in [5, 5.41) is 5.44. The molecule has 0 bridgehead atoms. The van der Waals surface area contributed by atoms with Crippen molar-refractivity contribution in [3.05, 3.63) is 121 Å². The standard InChI is InChI=1S/C34H37NO2P2/c1-27(2)25-37-34(36)35-24-33(39(31-19-11-5-12-20-31)32-21-13-6-14-22-32)23-28(35)26-38(29-15-7-3-8-16-29)30-17-9-4-10-18-30/h3-22,27-28,33H,23-26H2,1-2H3/t28-,33-/m0/s1. The van der Waals surface area contributed by atoms with Gasteiger partial charge in [-0.15, -0.1) is 0 Å². The number of hydrogen-bond donors (Lipinski definition) is 0. The summed E-state index contributed by atoms with van der Waals surface area (Å²) in [5.41, 5.74) is 0.366. The second-order valence-electron chi connectivity index (χ2n) is 10.5. The van der Waals surface area contributed by atoms with E-state index in [4.69, 9.17) is 4.74 Å². The number of hydrogen-bond acceptors (Lipinski definition) is 2. The summed E-state index contributed by atoms with van der Waals surface area (Å²) in [6.45, 7) is 5.35. The number of carbonyl (C=O) groups excluding carboxylic acids is 1. The van der Waals surface area contributed by atoms with Crippen LogP contribution in [0.15, 0.2) is 121 Å². The fourth-order valence-corrected chi connectivity index (χ4v) is 10.8.